The Kier molecular flexibility index (Phi) is 17.8. The molecular weight excluding hydrogens is 636 g/mol. The van der Waals surface area contributed by atoms with Crippen molar-refractivity contribution >= 4 is 23.6 Å². The Labute approximate surface area is 301 Å². The van der Waals surface area contributed by atoms with Gasteiger partial charge < -0.3 is 29.9 Å². The van der Waals surface area contributed by atoms with Gasteiger partial charge in [0, 0.05) is 52.7 Å². The molecule has 1 aliphatic rings. The second kappa shape index (κ2) is 20.7. The first-order chi connectivity index (χ1) is 23.6. The Bertz CT molecular complexity index is 1210. The largest absolute Gasteiger partial charge is 0.379 e. The smallest absolute Gasteiger partial charge is 0.245 e. The summed E-state index contributed by atoms with van der Waals surface area (Å²) in [6.07, 6.45) is 3.63. The molecule has 4 amide bonds. The van der Waals surface area contributed by atoms with Gasteiger partial charge in [0.15, 0.2) is 0 Å². The number of nitrogens with one attached hydrogen (secondary N) is 2. The highest BCUT2D eigenvalue weighted by Crippen LogP contribution is 2.29. The van der Waals surface area contributed by atoms with E-state index in [1.54, 1.807) is 32.4 Å². The van der Waals surface area contributed by atoms with E-state index in [0.29, 0.717) is 19.5 Å². The molecule has 284 valence electrons. The zero-order valence-corrected chi connectivity index (χ0v) is 32.8. The molecule has 0 aliphatic carbocycles. The predicted molar refractivity (Wildman–Crippen MR) is 196 cm³/mol. The van der Waals surface area contributed by atoms with Crippen LogP contribution in [0.2, 0.25) is 0 Å². The van der Waals surface area contributed by atoms with Crippen molar-refractivity contribution in [2.24, 2.45) is 23.7 Å². The third-order valence-electron chi connectivity index (χ3n) is 10.4. The van der Waals surface area contributed by atoms with Crippen LogP contribution in [0.25, 0.3) is 0 Å². The van der Waals surface area contributed by atoms with E-state index in [9.17, 15) is 19.2 Å². The number of carbonyl (C=O) groups excluding carboxylic acids is 4. The van der Waals surface area contributed by atoms with E-state index in [-0.39, 0.29) is 59.9 Å². The zero-order chi connectivity index (χ0) is 37.7. The summed E-state index contributed by atoms with van der Waals surface area (Å²) in [4.78, 5) is 64.5. The van der Waals surface area contributed by atoms with Gasteiger partial charge in [-0.15, -0.1) is 0 Å². The van der Waals surface area contributed by atoms with Gasteiger partial charge in [0.2, 0.25) is 23.6 Å². The monoisotopic (exact) mass is 703 g/mol. The number of hydrogen-bond acceptors (Lipinski definition) is 8. The second-order valence-corrected chi connectivity index (χ2v) is 14.8. The maximum atomic E-state index is 14.2. The molecule has 50 heavy (non-hydrogen) atoms. The molecule has 1 saturated heterocycles. The van der Waals surface area contributed by atoms with Gasteiger partial charge in [-0.3, -0.25) is 29.1 Å². The van der Waals surface area contributed by atoms with Crippen molar-refractivity contribution in [3.05, 3.63) is 30.1 Å². The van der Waals surface area contributed by atoms with E-state index in [1.807, 2.05) is 76.7 Å². The normalized spacial score (nSPS) is 19.1. The van der Waals surface area contributed by atoms with Gasteiger partial charge in [-0.1, -0.05) is 61.0 Å². The van der Waals surface area contributed by atoms with Crippen LogP contribution in [0.4, 0.5) is 0 Å². The van der Waals surface area contributed by atoms with Crippen molar-refractivity contribution in [2.75, 3.05) is 48.5 Å². The molecule has 0 aromatic carbocycles. The number of ether oxygens (including phenoxy) is 2. The second-order valence-electron chi connectivity index (χ2n) is 14.8. The van der Waals surface area contributed by atoms with Crippen molar-refractivity contribution in [1.82, 2.24) is 30.3 Å². The molecule has 1 aromatic rings. The minimum absolute atomic E-state index is 0.00584. The van der Waals surface area contributed by atoms with Crippen LogP contribution >= 0.6 is 0 Å². The molecule has 0 saturated carbocycles. The number of hydrogen-bond donors (Lipinski definition) is 2. The molecule has 12 nitrogen and oxygen atoms in total. The first-order valence-corrected chi connectivity index (χ1v) is 18.4. The number of aromatic nitrogens is 1. The van der Waals surface area contributed by atoms with Gasteiger partial charge in [-0.05, 0) is 56.8 Å². The lowest BCUT2D eigenvalue weighted by Gasteiger charge is -2.41. The van der Waals surface area contributed by atoms with Gasteiger partial charge in [0.05, 0.1) is 42.7 Å². The molecule has 8 atom stereocenters. The van der Waals surface area contributed by atoms with Gasteiger partial charge in [0.25, 0.3) is 0 Å². The van der Waals surface area contributed by atoms with Crippen molar-refractivity contribution < 1.29 is 28.7 Å². The number of nitrogens with zero attached hydrogens (tertiary/aromatic N) is 4. The summed E-state index contributed by atoms with van der Waals surface area (Å²) >= 11 is 0. The molecule has 0 spiro atoms. The van der Waals surface area contributed by atoms with Gasteiger partial charge in [-0.2, -0.15) is 0 Å². The topological polar surface area (TPSA) is 133 Å². The molecule has 0 bridgehead atoms. The predicted octanol–water partition coefficient (Wildman–Crippen LogP) is 3.39. The first kappa shape index (κ1) is 43.1. The summed E-state index contributed by atoms with van der Waals surface area (Å²) < 4.78 is 11.9. The maximum Gasteiger partial charge on any atom is 0.245 e. The average Bonchev–Trinajstić information content (AvgIpc) is 3.56. The van der Waals surface area contributed by atoms with Crippen LogP contribution in [0.15, 0.2) is 24.4 Å². The van der Waals surface area contributed by atoms with Crippen LogP contribution in [0, 0.1) is 23.7 Å². The fraction of sp³-hybridized carbons (Fsp3) is 0.763. The summed E-state index contributed by atoms with van der Waals surface area (Å²) in [5, 5.41) is 6.05. The van der Waals surface area contributed by atoms with Crippen molar-refractivity contribution in [3.63, 3.8) is 0 Å². The van der Waals surface area contributed by atoms with Crippen LogP contribution in [-0.4, -0.2) is 128 Å². The Morgan fingerprint density at radius 1 is 0.980 bits per heavy atom. The number of likely N-dealkylation sites (N-methyl/N-ethyl adjacent to an activating group) is 2. The zero-order valence-electron chi connectivity index (χ0n) is 32.8. The Morgan fingerprint density at radius 2 is 1.66 bits per heavy atom. The minimum atomic E-state index is -0.740. The fourth-order valence-electron chi connectivity index (χ4n) is 7.43. The highest BCUT2D eigenvalue weighted by Gasteiger charge is 2.43. The molecule has 1 aromatic heterocycles. The molecule has 1 aliphatic heterocycles. The SMILES string of the molecule is CCC(C)C(C(CC(=O)N1CCCC1C(OC)C(C)C(=O)NCCc1ccccn1)OC)N(C)C(=O)C(NC(=O)C(C(C)C)N(C)C)C(C)C. The third-order valence-corrected chi connectivity index (χ3v) is 10.4. The highest BCUT2D eigenvalue weighted by molar-refractivity contribution is 5.90. The number of pyridine rings is 1. The average molecular weight is 703 g/mol. The molecule has 1 fully saturated rings. The van der Waals surface area contributed by atoms with Crippen LogP contribution < -0.4 is 10.6 Å². The molecule has 0 radical (unpaired) electrons. The number of amides is 4. The van der Waals surface area contributed by atoms with E-state index in [0.717, 1.165) is 25.0 Å². The summed E-state index contributed by atoms with van der Waals surface area (Å²) in [6.45, 7) is 14.8. The van der Waals surface area contributed by atoms with E-state index in [4.69, 9.17) is 9.47 Å². The minimum Gasteiger partial charge on any atom is -0.379 e. The summed E-state index contributed by atoms with van der Waals surface area (Å²) in [6, 6.07) is 3.90. The molecule has 12 heteroatoms. The van der Waals surface area contributed by atoms with E-state index >= 15 is 0 Å². The van der Waals surface area contributed by atoms with Gasteiger partial charge in [-0.25, -0.2) is 0 Å². The van der Waals surface area contributed by atoms with Gasteiger partial charge in [0.1, 0.15) is 6.04 Å². The molecular formula is C38H66N6O6. The van der Waals surface area contributed by atoms with Crippen molar-refractivity contribution in [2.45, 2.75) is 117 Å². The lowest BCUT2D eigenvalue weighted by Crippen LogP contribution is -2.59. The quantitative estimate of drug-likeness (QED) is 0.211. The summed E-state index contributed by atoms with van der Waals surface area (Å²) in [7, 11) is 8.64. The standard InChI is InChI=1S/C38H66N6O6/c1-13-26(6)34(43(10)38(48)32(24(2)3)41-37(47)33(25(4)5)42(8)9)30(49-11)23-31(45)44-22-16-18-29(44)35(50-12)27(7)36(46)40-21-19-28-17-14-15-20-39-28/h14-15,17,20,24-27,29-30,32-35H,13,16,18-19,21-23H2,1-12H3,(H,40,46)(H,41,47). The first-order valence-electron chi connectivity index (χ1n) is 18.4. The Morgan fingerprint density at radius 3 is 2.18 bits per heavy atom. The summed E-state index contributed by atoms with van der Waals surface area (Å²) in [5.41, 5.74) is 0.903. The van der Waals surface area contributed by atoms with Crippen LogP contribution in [0.1, 0.15) is 79.8 Å². The molecule has 2 rings (SSSR count). The number of carbonyl (C=O) groups is 4. The molecule has 2 N–H and O–H groups in total. The Hall–Kier alpha value is -3.09. The van der Waals surface area contributed by atoms with Crippen LogP contribution in [0.5, 0.6) is 0 Å². The van der Waals surface area contributed by atoms with Crippen LogP contribution in [-0.2, 0) is 35.1 Å². The van der Waals surface area contributed by atoms with E-state index in [2.05, 4.69) is 29.5 Å². The fourth-order valence-corrected chi connectivity index (χ4v) is 7.43. The van der Waals surface area contributed by atoms with Crippen molar-refractivity contribution in [1.29, 1.82) is 0 Å². The third kappa shape index (κ3) is 11.5. The number of likely N-dealkylation sites (tertiary alicyclic amines) is 1. The number of methoxy groups -OCH3 is 2. The van der Waals surface area contributed by atoms with E-state index < -0.39 is 30.2 Å². The van der Waals surface area contributed by atoms with E-state index in [1.165, 1.54) is 0 Å². The lowest BCUT2D eigenvalue weighted by molar-refractivity contribution is -0.148. The molecule has 8 unspecified atom stereocenters. The van der Waals surface area contributed by atoms with Crippen molar-refractivity contribution in [3.8, 4) is 0 Å². The summed E-state index contributed by atoms with van der Waals surface area (Å²) in [5.74, 6) is -1.20. The van der Waals surface area contributed by atoms with Crippen LogP contribution in [0.3, 0.4) is 0 Å². The Balaban J connectivity index is 2.21. The van der Waals surface area contributed by atoms with Gasteiger partial charge >= 0.3 is 0 Å². The maximum absolute atomic E-state index is 14.2. The lowest BCUT2D eigenvalue weighted by atomic mass is 9.89. The molecule has 2 heterocycles. The highest BCUT2D eigenvalue weighted by atomic mass is 16.5. The number of rotatable bonds is 20.